The van der Waals surface area contributed by atoms with E-state index in [1.54, 1.807) is 31.2 Å². The summed E-state index contributed by atoms with van der Waals surface area (Å²) in [5.74, 6) is -0.906. The van der Waals surface area contributed by atoms with Crippen LogP contribution in [0.1, 0.15) is 30.4 Å². The van der Waals surface area contributed by atoms with Crippen LogP contribution >= 0.6 is 34.8 Å². The maximum Gasteiger partial charge on any atom is 0.317 e. The molecule has 4 nitrogen and oxygen atoms in total. The molecule has 0 spiro atoms. The molecule has 0 aliphatic heterocycles. The van der Waals surface area contributed by atoms with Crippen molar-refractivity contribution in [3.05, 3.63) is 62.6 Å². The normalized spacial score (nSPS) is 15.0. The van der Waals surface area contributed by atoms with E-state index in [0.717, 1.165) is 17.5 Å². The first-order valence-electron chi connectivity index (χ1n) is 8.51. The Hall–Kier alpha value is -1.75. The first kappa shape index (κ1) is 20.0. The lowest BCUT2D eigenvalue weighted by Crippen LogP contribution is -2.44. The lowest BCUT2D eigenvalue weighted by Gasteiger charge is -2.39. The first-order chi connectivity index (χ1) is 12.8. The summed E-state index contributed by atoms with van der Waals surface area (Å²) in [4.78, 5) is 24.9. The summed E-state index contributed by atoms with van der Waals surface area (Å²) < 4.78 is 5.31. The summed E-state index contributed by atoms with van der Waals surface area (Å²) >= 11 is 18.2. The SMILES string of the molecule is Cc1ccc(Cl)c(NC(=O)COC(=O)C2(c3ccc(Cl)cc3)CCC2)c1Cl. The highest BCUT2D eigenvalue weighted by molar-refractivity contribution is 6.40. The van der Waals surface area contributed by atoms with Gasteiger partial charge in [0.2, 0.25) is 0 Å². The molecule has 27 heavy (non-hydrogen) atoms. The zero-order chi connectivity index (χ0) is 19.6. The lowest BCUT2D eigenvalue weighted by molar-refractivity contribution is -0.156. The van der Waals surface area contributed by atoms with Crippen LogP contribution in [0, 0.1) is 6.92 Å². The van der Waals surface area contributed by atoms with E-state index in [2.05, 4.69) is 5.32 Å². The molecule has 1 saturated carbocycles. The molecular formula is C20H18Cl3NO3. The van der Waals surface area contributed by atoms with Gasteiger partial charge in [0.1, 0.15) is 0 Å². The Morgan fingerprint density at radius 2 is 1.74 bits per heavy atom. The quantitative estimate of drug-likeness (QED) is 0.637. The molecule has 1 N–H and O–H groups in total. The van der Waals surface area contributed by atoms with E-state index in [1.165, 1.54) is 0 Å². The standard InChI is InChI=1S/C20H18Cl3NO3/c1-12-3-8-15(22)18(17(12)23)24-16(25)11-27-19(26)20(9-2-10-20)13-4-6-14(21)7-5-13/h3-8H,2,9-11H2,1H3,(H,24,25). The Kier molecular flexibility index (Phi) is 5.99. The topological polar surface area (TPSA) is 55.4 Å². The summed E-state index contributed by atoms with van der Waals surface area (Å²) in [6.45, 7) is 1.40. The third kappa shape index (κ3) is 4.08. The number of carbonyl (C=O) groups excluding carboxylic acids is 2. The highest BCUT2D eigenvalue weighted by Gasteiger charge is 2.47. The van der Waals surface area contributed by atoms with E-state index in [4.69, 9.17) is 39.5 Å². The van der Waals surface area contributed by atoms with Crippen molar-refractivity contribution in [2.75, 3.05) is 11.9 Å². The van der Waals surface area contributed by atoms with Crippen molar-refractivity contribution in [3.63, 3.8) is 0 Å². The third-order valence-corrected chi connectivity index (χ3v) is 5.93. The van der Waals surface area contributed by atoms with Crippen LogP contribution in [0.5, 0.6) is 0 Å². The van der Waals surface area contributed by atoms with Gasteiger partial charge in [-0.2, -0.15) is 0 Å². The molecule has 1 fully saturated rings. The molecule has 0 aromatic heterocycles. The van der Waals surface area contributed by atoms with Gasteiger partial charge in [-0.3, -0.25) is 9.59 Å². The van der Waals surface area contributed by atoms with E-state index in [1.807, 2.05) is 12.1 Å². The van der Waals surface area contributed by atoms with Crippen molar-refractivity contribution in [2.45, 2.75) is 31.6 Å². The van der Waals surface area contributed by atoms with Crippen LogP contribution in [0.2, 0.25) is 15.1 Å². The van der Waals surface area contributed by atoms with Crippen LogP contribution in [0.4, 0.5) is 5.69 Å². The number of nitrogens with one attached hydrogen (secondary N) is 1. The van der Waals surface area contributed by atoms with Crippen LogP contribution in [0.15, 0.2) is 36.4 Å². The number of rotatable bonds is 5. The third-order valence-electron chi connectivity index (χ3n) is 4.88. The van der Waals surface area contributed by atoms with E-state index in [9.17, 15) is 9.59 Å². The van der Waals surface area contributed by atoms with Gasteiger partial charge in [-0.25, -0.2) is 0 Å². The van der Waals surface area contributed by atoms with E-state index < -0.39 is 23.9 Å². The van der Waals surface area contributed by atoms with Crippen molar-refractivity contribution in [1.29, 1.82) is 0 Å². The van der Waals surface area contributed by atoms with Gasteiger partial charge >= 0.3 is 5.97 Å². The van der Waals surface area contributed by atoms with Crippen molar-refractivity contribution in [3.8, 4) is 0 Å². The van der Waals surface area contributed by atoms with Crippen molar-refractivity contribution >= 4 is 52.4 Å². The molecule has 2 aromatic rings. The summed E-state index contributed by atoms with van der Waals surface area (Å²) in [7, 11) is 0. The average molecular weight is 427 g/mol. The smallest absolute Gasteiger partial charge is 0.317 e. The first-order valence-corrected chi connectivity index (χ1v) is 9.64. The van der Waals surface area contributed by atoms with E-state index >= 15 is 0 Å². The molecule has 0 saturated heterocycles. The molecule has 142 valence electrons. The maximum absolute atomic E-state index is 12.7. The van der Waals surface area contributed by atoms with E-state index in [0.29, 0.717) is 33.6 Å². The Labute approximate surface area is 172 Å². The van der Waals surface area contributed by atoms with Gasteiger partial charge in [-0.1, -0.05) is 59.4 Å². The number of esters is 1. The summed E-state index contributed by atoms with van der Waals surface area (Å²) in [5, 5.41) is 3.90. The molecule has 1 aliphatic carbocycles. The minimum absolute atomic E-state index is 0.315. The summed E-state index contributed by atoms with van der Waals surface area (Å²) in [6, 6.07) is 10.6. The second kappa shape index (κ2) is 8.09. The van der Waals surface area contributed by atoms with Crippen molar-refractivity contribution < 1.29 is 14.3 Å². The monoisotopic (exact) mass is 425 g/mol. The number of aryl methyl sites for hydroxylation is 1. The van der Waals surface area contributed by atoms with Crippen LogP contribution < -0.4 is 5.32 Å². The van der Waals surface area contributed by atoms with Gasteiger partial charge < -0.3 is 10.1 Å². The number of amides is 1. The minimum atomic E-state index is -0.705. The molecule has 7 heteroatoms. The van der Waals surface area contributed by atoms with Crippen LogP contribution in [0.25, 0.3) is 0 Å². The fraction of sp³-hybridized carbons (Fsp3) is 0.300. The highest BCUT2D eigenvalue weighted by Crippen LogP contribution is 2.45. The van der Waals surface area contributed by atoms with Gasteiger partial charge in [-0.05, 0) is 49.1 Å². The molecule has 1 amide bonds. The predicted molar refractivity (Wildman–Crippen MR) is 108 cm³/mol. The number of ether oxygens (including phenoxy) is 1. The van der Waals surface area contributed by atoms with Crippen LogP contribution in [0.3, 0.4) is 0 Å². The molecule has 0 heterocycles. The molecule has 0 bridgehead atoms. The second-order valence-electron chi connectivity index (χ2n) is 6.62. The van der Waals surface area contributed by atoms with Gasteiger partial charge in [0, 0.05) is 5.02 Å². The number of carbonyl (C=O) groups is 2. The Bertz CT molecular complexity index is 877. The number of hydrogen-bond donors (Lipinski definition) is 1. The average Bonchev–Trinajstić information content (AvgIpc) is 2.61. The van der Waals surface area contributed by atoms with Gasteiger partial charge in [-0.15, -0.1) is 0 Å². The number of benzene rings is 2. The van der Waals surface area contributed by atoms with Gasteiger partial charge in [0.05, 0.1) is 21.1 Å². The molecule has 3 rings (SSSR count). The van der Waals surface area contributed by atoms with Crippen molar-refractivity contribution in [1.82, 2.24) is 0 Å². The molecule has 2 aromatic carbocycles. The van der Waals surface area contributed by atoms with E-state index in [-0.39, 0.29) is 0 Å². The minimum Gasteiger partial charge on any atom is -0.455 e. The summed E-state index contributed by atoms with van der Waals surface area (Å²) in [6.07, 6.45) is 2.30. The van der Waals surface area contributed by atoms with Gasteiger partial charge in [0.25, 0.3) is 5.91 Å². The molecular weight excluding hydrogens is 409 g/mol. The molecule has 1 aliphatic rings. The van der Waals surface area contributed by atoms with Gasteiger partial charge in [0.15, 0.2) is 6.61 Å². The molecule has 0 atom stereocenters. The summed E-state index contributed by atoms with van der Waals surface area (Å²) in [5.41, 5.74) is 1.25. The lowest BCUT2D eigenvalue weighted by atomic mass is 9.64. The van der Waals surface area contributed by atoms with Crippen LogP contribution in [-0.4, -0.2) is 18.5 Å². The Morgan fingerprint density at radius 3 is 2.33 bits per heavy atom. The fourth-order valence-electron chi connectivity index (χ4n) is 3.13. The Morgan fingerprint density at radius 1 is 1.07 bits per heavy atom. The largest absolute Gasteiger partial charge is 0.455 e. The number of hydrogen-bond acceptors (Lipinski definition) is 3. The molecule has 0 unspecified atom stereocenters. The Balaban J connectivity index is 1.66. The zero-order valence-corrected chi connectivity index (χ0v) is 16.9. The number of anilines is 1. The van der Waals surface area contributed by atoms with Crippen molar-refractivity contribution in [2.24, 2.45) is 0 Å². The predicted octanol–water partition coefficient (Wildman–Crippen LogP) is 5.56. The molecule has 0 radical (unpaired) electrons. The fourth-order valence-corrected chi connectivity index (χ4v) is 3.72. The highest BCUT2D eigenvalue weighted by atomic mass is 35.5. The second-order valence-corrected chi connectivity index (χ2v) is 7.84. The zero-order valence-electron chi connectivity index (χ0n) is 14.7. The van der Waals surface area contributed by atoms with Crippen LogP contribution in [-0.2, 0) is 19.7 Å². The number of halogens is 3. The maximum atomic E-state index is 12.7.